The molecule has 1 aliphatic rings. The number of likely N-dealkylation sites (tertiary alicyclic amines) is 1. The topological polar surface area (TPSA) is 78.1 Å². The fraction of sp³-hybridized carbons (Fsp3) is 0.167. The third-order valence-corrected chi connectivity index (χ3v) is 4.58. The van der Waals surface area contributed by atoms with E-state index in [2.05, 4.69) is 15.3 Å². The Kier molecular flexibility index (Phi) is 3.89. The van der Waals surface area contributed by atoms with Gasteiger partial charge in [-0.05, 0) is 18.2 Å². The average molecular weight is 355 g/mol. The Balaban J connectivity index is 1.39. The van der Waals surface area contributed by atoms with Crippen molar-refractivity contribution in [3.8, 4) is 0 Å². The molecule has 2 N–H and O–H groups in total. The molecule has 1 aliphatic heterocycles. The first-order chi connectivity index (χ1) is 12.1. The minimum Gasteiger partial charge on any atom is -0.360 e. The summed E-state index contributed by atoms with van der Waals surface area (Å²) in [7, 11) is 0. The van der Waals surface area contributed by atoms with E-state index in [1.807, 2.05) is 24.3 Å². The molecule has 1 fully saturated rings. The van der Waals surface area contributed by atoms with Gasteiger partial charge in [0.25, 0.3) is 5.91 Å². The molecule has 0 unspecified atom stereocenters. The highest BCUT2D eigenvalue weighted by Crippen LogP contribution is 2.24. The number of hydrogen-bond donors (Lipinski definition) is 2. The van der Waals surface area contributed by atoms with Crippen LogP contribution in [0.1, 0.15) is 10.4 Å². The second-order valence-corrected chi connectivity index (χ2v) is 6.40. The lowest BCUT2D eigenvalue weighted by Gasteiger charge is -2.38. The highest BCUT2D eigenvalue weighted by Gasteiger charge is 2.36. The molecule has 0 spiro atoms. The summed E-state index contributed by atoms with van der Waals surface area (Å²) in [6.07, 6.45) is 3.23. The molecule has 0 saturated carbocycles. The minimum atomic E-state index is -0.218. The number of nitrogens with zero attached hydrogens (tertiary/aromatic N) is 2. The summed E-state index contributed by atoms with van der Waals surface area (Å²) in [5.74, 6) is -0.397. The van der Waals surface area contributed by atoms with Crippen molar-refractivity contribution >= 4 is 40.0 Å². The fourth-order valence-electron chi connectivity index (χ4n) is 2.92. The van der Waals surface area contributed by atoms with E-state index in [0.29, 0.717) is 29.5 Å². The Bertz CT molecular complexity index is 945. The number of aromatic nitrogens is 2. The van der Waals surface area contributed by atoms with E-state index in [9.17, 15) is 9.59 Å². The zero-order valence-corrected chi connectivity index (χ0v) is 14.0. The molecule has 1 saturated heterocycles. The molecule has 126 valence electrons. The van der Waals surface area contributed by atoms with Crippen molar-refractivity contribution in [2.75, 3.05) is 18.4 Å². The summed E-state index contributed by atoms with van der Waals surface area (Å²) in [5, 5.41) is 4.06. The first-order valence-corrected chi connectivity index (χ1v) is 8.27. The Morgan fingerprint density at radius 1 is 1.20 bits per heavy atom. The van der Waals surface area contributed by atoms with Gasteiger partial charge in [-0.25, -0.2) is 4.98 Å². The average Bonchev–Trinajstić information content (AvgIpc) is 2.99. The van der Waals surface area contributed by atoms with Crippen LogP contribution in [-0.4, -0.2) is 39.8 Å². The van der Waals surface area contributed by atoms with Gasteiger partial charge < -0.3 is 15.2 Å². The van der Waals surface area contributed by atoms with Gasteiger partial charge in [-0.2, -0.15) is 0 Å². The van der Waals surface area contributed by atoms with Crippen molar-refractivity contribution in [3.63, 3.8) is 0 Å². The number of rotatable bonds is 3. The summed E-state index contributed by atoms with van der Waals surface area (Å²) >= 11 is 5.72. The standard InChI is InChI=1S/C18H15ClN4O2/c19-16-6-5-12(7-21-16)22-17(24)11-9-23(10-11)18(25)14-8-20-15-4-2-1-3-13(14)15/h1-8,11,20H,9-10H2,(H,22,24). The van der Waals surface area contributed by atoms with Crippen molar-refractivity contribution in [3.05, 3.63) is 59.5 Å². The summed E-state index contributed by atoms with van der Waals surface area (Å²) in [4.78, 5) is 33.5. The Morgan fingerprint density at radius 3 is 2.76 bits per heavy atom. The molecule has 0 bridgehead atoms. The van der Waals surface area contributed by atoms with Crippen LogP contribution in [0.4, 0.5) is 5.69 Å². The molecule has 6 nitrogen and oxygen atoms in total. The van der Waals surface area contributed by atoms with Crippen LogP contribution in [0.2, 0.25) is 5.15 Å². The smallest absolute Gasteiger partial charge is 0.256 e. The Labute approximate surface area is 148 Å². The molecule has 7 heteroatoms. The molecule has 3 aromatic rings. The molecule has 0 radical (unpaired) electrons. The maximum absolute atomic E-state index is 12.6. The molecule has 2 amide bonds. The number of benzene rings is 1. The second kappa shape index (κ2) is 6.22. The van der Waals surface area contributed by atoms with Crippen LogP contribution in [0.5, 0.6) is 0 Å². The number of fused-ring (bicyclic) bond motifs is 1. The predicted octanol–water partition coefficient (Wildman–Crippen LogP) is 2.93. The van der Waals surface area contributed by atoms with Crippen LogP contribution in [0.15, 0.2) is 48.8 Å². The monoisotopic (exact) mass is 354 g/mol. The van der Waals surface area contributed by atoms with Crippen molar-refractivity contribution in [1.82, 2.24) is 14.9 Å². The van der Waals surface area contributed by atoms with E-state index < -0.39 is 0 Å². The third kappa shape index (κ3) is 2.96. The van der Waals surface area contributed by atoms with Gasteiger partial charge in [0.2, 0.25) is 5.91 Å². The van der Waals surface area contributed by atoms with Gasteiger partial charge in [-0.15, -0.1) is 0 Å². The van der Waals surface area contributed by atoms with E-state index in [1.54, 1.807) is 23.2 Å². The molecular weight excluding hydrogens is 340 g/mol. The highest BCUT2D eigenvalue weighted by atomic mass is 35.5. The molecule has 0 atom stereocenters. The normalized spacial score (nSPS) is 14.4. The van der Waals surface area contributed by atoms with Gasteiger partial charge in [0.05, 0.1) is 23.4 Å². The number of H-pyrrole nitrogens is 1. The van der Waals surface area contributed by atoms with Crippen LogP contribution in [0.25, 0.3) is 10.9 Å². The van der Waals surface area contributed by atoms with E-state index in [-0.39, 0.29) is 17.7 Å². The summed E-state index contributed by atoms with van der Waals surface area (Å²) in [5.41, 5.74) is 2.16. The first kappa shape index (κ1) is 15.7. The van der Waals surface area contributed by atoms with Crippen molar-refractivity contribution in [1.29, 1.82) is 0 Å². The van der Waals surface area contributed by atoms with Crippen molar-refractivity contribution in [2.45, 2.75) is 0 Å². The Morgan fingerprint density at radius 2 is 2.00 bits per heavy atom. The zero-order valence-electron chi connectivity index (χ0n) is 13.2. The molecule has 1 aromatic carbocycles. The molecule has 4 rings (SSSR count). The SMILES string of the molecule is O=C(Nc1ccc(Cl)nc1)C1CN(C(=O)c2c[nH]c3ccccc23)C1. The lowest BCUT2D eigenvalue weighted by atomic mass is 9.97. The number of anilines is 1. The number of amides is 2. The summed E-state index contributed by atoms with van der Waals surface area (Å²) in [6, 6.07) is 11.0. The van der Waals surface area contributed by atoms with Gasteiger partial charge in [-0.3, -0.25) is 9.59 Å². The molecule has 25 heavy (non-hydrogen) atoms. The number of aromatic amines is 1. The van der Waals surface area contributed by atoms with Gasteiger partial charge in [0, 0.05) is 30.2 Å². The van der Waals surface area contributed by atoms with Crippen molar-refractivity contribution in [2.24, 2.45) is 5.92 Å². The van der Waals surface area contributed by atoms with E-state index in [0.717, 1.165) is 10.9 Å². The third-order valence-electron chi connectivity index (χ3n) is 4.35. The number of pyridine rings is 1. The van der Waals surface area contributed by atoms with Crippen LogP contribution in [-0.2, 0) is 4.79 Å². The van der Waals surface area contributed by atoms with Gasteiger partial charge in [-0.1, -0.05) is 29.8 Å². The lowest BCUT2D eigenvalue weighted by molar-refractivity contribution is -0.123. The zero-order chi connectivity index (χ0) is 17.4. The van der Waals surface area contributed by atoms with Crippen LogP contribution < -0.4 is 5.32 Å². The van der Waals surface area contributed by atoms with Crippen LogP contribution >= 0.6 is 11.6 Å². The number of carbonyl (C=O) groups excluding carboxylic acids is 2. The minimum absolute atomic E-state index is 0.0605. The highest BCUT2D eigenvalue weighted by molar-refractivity contribution is 6.29. The van der Waals surface area contributed by atoms with Crippen LogP contribution in [0.3, 0.4) is 0 Å². The fourth-order valence-corrected chi connectivity index (χ4v) is 3.03. The summed E-state index contributed by atoms with van der Waals surface area (Å²) in [6.45, 7) is 0.816. The summed E-state index contributed by atoms with van der Waals surface area (Å²) < 4.78 is 0. The largest absolute Gasteiger partial charge is 0.360 e. The van der Waals surface area contributed by atoms with E-state index >= 15 is 0 Å². The second-order valence-electron chi connectivity index (χ2n) is 6.01. The van der Waals surface area contributed by atoms with Crippen LogP contribution in [0, 0.1) is 5.92 Å². The predicted molar refractivity (Wildman–Crippen MR) is 95.6 cm³/mol. The quantitative estimate of drug-likeness (QED) is 0.710. The van der Waals surface area contributed by atoms with E-state index in [1.165, 1.54) is 6.20 Å². The number of para-hydroxylation sites is 1. The number of carbonyl (C=O) groups is 2. The molecule has 2 aromatic heterocycles. The Hall–Kier alpha value is -2.86. The molecule has 0 aliphatic carbocycles. The van der Waals surface area contributed by atoms with Gasteiger partial charge >= 0.3 is 0 Å². The van der Waals surface area contributed by atoms with Gasteiger partial charge in [0.1, 0.15) is 5.15 Å². The lowest BCUT2D eigenvalue weighted by Crippen LogP contribution is -2.54. The maximum Gasteiger partial charge on any atom is 0.256 e. The molecular formula is C18H15ClN4O2. The van der Waals surface area contributed by atoms with Crippen molar-refractivity contribution < 1.29 is 9.59 Å². The van der Waals surface area contributed by atoms with Gasteiger partial charge in [0.15, 0.2) is 0 Å². The molecule has 3 heterocycles. The first-order valence-electron chi connectivity index (χ1n) is 7.89. The number of halogens is 1. The maximum atomic E-state index is 12.6. The van der Waals surface area contributed by atoms with E-state index in [4.69, 9.17) is 11.6 Å². The number of nitrogens with one attached hydrogen (secondary N) is 2. The number of hydrogen-bond acceptors (Lipinski definition) is 3.